The summed E-state index contributed by atoms with van der Waals surface area (Å²) < 4.78 is 5.56. The number of carboxylic acids is 1. The van der Waals surface area contributed by atoms with Gasteiger partial charge in [-0.3, -0.25) is 10.1 Å². The van der Waals surface area contributed by atoms with Crippen LogP contribution in [-0.4, -0.2) is 11.1 Å². The topological polar surface area (TPSA) is 62.5 Å². The highest BCUT2D eigenvalue weighted by atomic mass is 32.1. The molecule has 0 aliphatic carbocycles. The van der Waals surface area contributed by atoms with Gasteiger partial charge < -0.3 is 9.52 Å². The molecule has 0 amide bonds. The molecule has 2 aromatic rings. The summed E-state index contributed by atoms with van der Waals surface area (Å²) in [5, 5.41) is 14.3. The lowest BCUT2D eigenvalue weighted by Gasteiger charge is -2.20. The Morgan fingerprint density at radius 1 is 1.47 bits per heavy atom. The minimum absolute atomic E-state index is 0.0276. The lowest BCUT2D eigenvalue weighted by atomic mass is 10.1. The lowest BCUT2D eigenvalue weighted by Crippen LogP contribution is -2.26. The predicted octanol–water partition coefficient (Wildman–Crippen LogP) is 3.52. The molecule has 0 radical (unpaired) electrons. The summed E-state index contributed by atoms with van der Waals surface area (Å²) in [6.07, 6.45) is 0.0601. The molecule has 0 saturated heterocycles. The van der Waals surface area contributed by atoms with E-state index in [1.807, 2.05) is 43.5 Å². The molecule has 0 bridgehead atoms. The van der Waals surface area contributed by atoms with Crippen LogP contribution in [0.5, 0.6) is 0 Å². The van der Waals surface area contributed by atoms with Crippen molar-refractivity contribution in [1.29, 1.82) is 0 Å². The zero-order valence-electron chi connectivity index (χ0n) is 10.9. The van der Waals surface area contributed by atoms with Gasteiger partial charge in [-0.1, -0.05) is 6.07 Å². The summed E-state index contributed by atoms with van der Waals surface area (Å²) in [4.78, 5) is 12.0. The first kappa shape index (κ1) is 13.8. The summed E-state index contributed by atoms with van der Waals surface area (Å²) in [6.45, 7) is 3.87. The van der Waals surface area contributed by atoms with E-state index in [1.54, 1.807) is 11.3 Å². The monoisotopic (exact) mass is 279 g/mol. The standard InChI is InChI=1S/C14H17NO3S/c1-9-5-6-12(18-9)10(2)15-11(8-14(16)17)13-4-3-7-19-13/h3-7,10-11,15H,8H2,1-2H3,(H,16,17). The Balaban J connectivity index is 2.09. The Morgan fingerprint density at radius 3 is 2.79 bits per heavy atom. The van der Waals surface area contributed by atoms with Crippen molar-refractivity contribution in [1.82, 2.24) is 5.32 Å². The summed E-state index contributed by atoms with van der Waals surface area (Å²) in [7, 11) is 0. The van der Waals surface area contributed by atoms with E-state index >= 15 is 0 Å². The van der Waals surface area contributed by atoms with Crippen molar-refractivity contribution in [3.8, 4) is 0 Å². The molecule has 19 heavy (non-hydrogen) atoms. The number of rotatable bonds is 6. The van der Waals surface area contributed by atoms with E-state index in [1.165, 1.54) is 0 Å². The molecule has 0 aliphatic heterocycles. The summed E-state index contributed by atoms with van der Waals surface area (Å²) >= 11 is 1.56. The maximum absolute atomic E-state index is 11.0. The van der Waals surface area contributed by atoms with Gasteiger partial charge in [0.2, 0.25) is 0 Å². The maximum atomic E-state index is 11.0. The van der Waals surface area contributed by atoms with Gasteiger partial charge in [0.1, 0.15) is 11.5 Å². The average molecular weight is 279 g/mol. The van der Waals surface area contributed by atoms with Gasteiger partial charge >= 0.3 is 5.97 Å². The molecule has 2 N–H and O–H groups in total. The number of aliphatic carboxylic acids is 1. The number of aryl methyl sites for hydroxylation is 1. The Kier molecular flexibility index (Phi) is 4.39. The largest absolute Gasteiger partial charge is 0.481 e. The molecule has 0 saturated carbocycles. The van der Waals surface area contributed by atoms with Crippen LogP contribution in [-0.2, 0) is 4.79 Å². The van der Waals surface area contributed by atoms with Crippen LogP contribution in [0.2, 0.25) is 0 Å². The van der Waals surface area contributed by atoms with E-state index in [2.05, 4.69) is 5.32 Å². The zero-order chi connectivity index (χ0) is 13.8. The molecule has 2 atom stereocenters. The van der Waals surface area contributed by atoms with Gasteiger partial charge in [-0.05, 0) is 37.4 Å². The highest BCUT2D eigenvalue weighted by molar-refractivity contribution is 7.10. The molecular weight excluding hydrogens is 262 g/mol. The van der Waals surface area contributed by atoms with Crippen LogP contribution in [0.25, 0.3) is 0 Å². The van der Waals surface area contributed by atoms with Crippen molar-refractivity contribution >= 4 is 17.3 Å². The quantitative estimate of drug-likeness (QED) is 0.849. The molecule has 0 aliphatic rings. The third kappa shape index (κ3) is 3.68. The van der Waals surface area contributed by atoms with Crippen molar-refractivity contribution < 1.29 is 14.3 Å². The number of hydrogen-bond donors (Lipinski definition) is 2. The number of carboxylic acid groups (broad SMARTS) is 1. The molecule has 0 aromatic carbocycles. The maximum Gasteiger partial charge on any atom is 0.305 e. The van der Waals surface area contributed by atoms with E-state index < -0.39 is 5.97 Å². The van der Waals surface area contributed by atoms with Crippen LogP contribution in [0, 0.1) is 6.92 Å². The first-order valence-electron chi connectivity index (χ1n) is 6.14. The first-order chi connectivity index (χ1) is 9.06. The van der Waals surface area contributed by atoms with E-state index in [-0.39, 0.29) is 18.5 Å². The minimum atomic E-state index is -0.811. The number of furan rings is 1. The van der Waals surface area contributed by atoms with Crippen molar-refractivity contribution in [2.24, 2.45) is 0 Å². The second kappa shape index (κ2) is 6.04. The normalized spacial score (nSPS) is 14.2. The van der Waals surface area contributed by atoms with E-state index in [4.69, 9.17) is 9.52 Å². The summed E-state index contributed by atoms with van der Waals surface area (Å²) in [5.74, 6) is 0.868. The molecule has 4 nitrogen and oxygen atoms in total. The molecule has 0 spiro atoms. The first-order valence-corrected chi connectivity index (χ1v) is 7.02. The van der Waals surface area contributed by atoms with Gasteiger partial charge in [0.05, 0.1) is 18.5 Å². The Bertz CT molecular complexity index is 533. The fourth-order valence-corrected chi connectivity index (χ4v) is 2.76. The van der Waals surface area contributed by atoms with E-state index in [0.29, 0.717) is 0 Å². The van der Waals surface area contributed by atoms with Crippen molar-refractivity contribution in [2.75, 3.05) is 0 Å². The van der Waals surface area contributed by atoms with Crippen molar-refractivity contribution in [3.63, 3.8) is 0 Å². The second-order valence-corrected chi connectivity index (χ2v) is 5.48. The molecule has 2 aromatic heterocycles. The van der Waals surface area contributed by atoms with Crippen LogP contribution in [0.4, 0.5) is 0 Å². The zero-order valence-corrected chi connectivity index (χ0v) is 11.7. The summed E-state index contributed by atoms with van der Waals surface area (Å²) in [5.41, 5.74) is 0. The number of carbonyl (C=O) groups is 1. The average Bonchev–Trinajstić information content (AvgIpc) is 2.97. The van der Waals surface area contributed by atoms with Crippen molar-refractivity contribution in [2.45, 2.75) is 32.4 Å². The molecule has 0 fully saturated rings. The van der Waals surface area contributed by atoms with Gasteiger partial charge in [0.15, 0.2) is 0 Å². The minimum Gasteiger partial charge on any atom is -0.481 e. The fourth-order valence-electron chi connectivity index (χ4n) is 1.98. The molecule has 102 valence electrons. The van der Waals surface area contributed by atoms with Gasteiger partial charge in [-0.25, -0.2) is 0 Å². The number of nitrogens with one attached hydrogen (secondary N) is 1. The Labute approximate surface area is 116 Å². The molecular formula is C14H17NO3S. The van der Waals surface area contributed by atoms with Gasteiger partial charge in [0.25, 0.3) is 0 Å². The molecule has 5 heteroatoms. The van der Waals surface area contributed by atoms with Crippen LogP contribution in [0.15, 0.2) is 34.1 Å². The SMILES string of the molecule is Cc1ccc(C(C)NC(CC(=O)O)c2cccs2)o1. The smallest absolute Gasteiger partial charge is 0.305 e. The highest BCUT2D eigenvalue weighted by Gasteiger charge is 2.20. The number of thiophene rings is 1. The van der Waals surface area contributed by atoms with Crippen LogP contribution in [0.3, 0.4) is 0 Å². The van der Waals surface area contributed by atoms with Gasteiger partial charge in [-0.15, -0.1) is 11.3 Å². The van der Waals surface area contributed by atoms with Crippen molar-refractivity contribution in [3.05, 3.63) is 46.0 Å². The molecule has 2 rings (SSSR count). The highest BCUT2D eigenvalue weighted by Crippen LogP contribution is 2.26. The van der Waals surface area contributed by atoms with Gasteiger partial charge in [0, 0.05) is 4.88 Å². The molecule has 2 heterocycles. The third-order valence-corrected chi connectivity index (χ3v) is 3.89. The van der Waals surface area contributed by atoms with Crippen LogP contribution >= 0.6 is 11.3 Å². The Morgan fingerprint density at radius 2 is 2.26 bits per heavy atom. The lowest BCUT2D eigenvalue weighted by molar-refractivity contribution is -0.137. The van der Waals surface area contributed by atoms with E-state index in [0.717, 1.165) is 16.4 Å². The van der Waals surface area contributed by atoms with E-state index in [9.17, 15) is 4.79 Å². The fraction of sp³-hybridized carbons (Fsp3) is 0.357. The summed E-state index contributed by atoms with van der Waals surface area (Å²) in [6, 6.07) is 7.48. The number of hydrogen-bond acceptors (Lipinski definition) is 4. The molecule has 2 unspecified atom stereocenters. The van der Waals surface area contributed by atoms with Crippen LogP contribution in [0.1, 0.15) is 41.8 Å². The second-order valence-electron chi connectivity index (χ2n) is 4.50. The van der Waals surface area contributed by atoms with Gasteiger partial charge in [-0.2, -0.15) is 0 Å². The van der Waals surface area contributed by atoms with Crippen LogP contribution < -0.4 is 5.32 Å². The third-order valence-electron chi connectivity index (χ3n) is 2.90. The Hall–Kier alpha value is -1.59. The predicted molar refractivity (Wildman–Crippen MR) is 74.3 cm³/mol.